The first-order chi connectivity index (χ1) is 9.90. The van der Waals surface area contributed by atoms with Crippen LogP contribution in [-0.2, 0) is 14.6 Å². The topological polar surface area (TPSA) is 78.6 Å². The highest BCUT2D eigenvalue weighted by atomic mass is 32.2. The second kappa shape index (κ2) is 5.94. The maximum Gasteiger partial charge on any atom is 0.155 e. The van der Waals surface area contributed by atoms with Gasteiger partial charge < -0.3 is 15.2 Å². The van der Waals surface area contributed by atoms with E-state index in [1.807, 2.05) is 31.2 Å². The van der Waals surface area contributed by atoms with E-state index in [9.17, 15) is 8.42 Å². The summed E-state index contributed by atoms with van der Waals surface area (Å²) in [6.07, 6.45) is 0. The van der Waals surface area contributed by atoms with Gasteiger partial charge in [-0.15, -0.1) is 0 Å². The summed E-state index contributed by atoms with van der Waals surface area (Å²) in [4.78, 5) is 0. The molecule has 6 heteroatoms. The van der Waals surface area contributed by atoms with Crippen molar-refractivity contribution >= 4 is 9.84 Å². The number of sulfone groups is 1. The van der Waals surface area contributed by atoms with Crippen LogP contribution >= 0.6 is 0 Å². The van der Waals surface area contributed by atoms with Gasteiger partial charge in [0.15, 0.2) is 9.84 Å². The molecule has 5 nitrogen and oxygen atoms in total. The summed E-state index contributed by atoms with van der Waals surface area (Å²) in [6.45, 7) is 4.30. The smallest absolute Gasteiger partial charge is 0.155 e. The van der Waals surface area contributed by atoms with Gasteiger partial charge in [0.05, 0.1) is 24.5 Å². The number of ether oxygens (including phenoxy) is 2. The lowest BCUT2D eigenvalue weighted by atomic mass is 10.1. The van der Waals surface area contributed by atoms with E-state index < -0.39 is 20.6 Å². The molecule has 118 valence electrons. The first-order valence-electron chi connectivity index (χ1n) is 7.12. The molecule has 0 saturated heterocycles. The second-order valence-corrected chi connectivity index (χ2v) is 7.78. The number of rotatable bonds is 7. The van der Waals surface area contributed by atoms with E-state index >= 15 is 0 Å². The standard InChI is InChI=1S/C15H23NO4S/c1-4-20-10-15(16)13(14(15)21(17,18)5-2)11-6-8-12(19-3)9-7-11/h6-9,13-14H,4-5,10,16H2,1-3H3. The SMILES string of the molecule is CCOCC1(N)C(c2ccc(OC)cc2)C1S(=O)(=O)CC. The van der Waals surface area contributed by atoms with E-state index in [1.165, 1.54) is 0 Å². The van der Waals surface area contributed by atoms with Crippen LogP contribution in [0.3, 0.4) is 0 Å². The third kappa shape index (κ3) is 2.93. The van der Waals surface area contributed by atoms with Crippen LogP contribution in [0, 0.1) is 0 Å². The molecule has 1 fully saturated rings. The monoisotopic (exact) mass is 313 g/mol. The van der Waals surface area contributed by atoms with Gasteiger partial charge in [0.25, 0.3) is 0 Å². The lowest BCUT2D eigenvalue weighted by Gasteiger charge is -2.12. The third-order valence-electron chi connectivity index (χ3n) is 4.12. The van der Waals surface area contributed by atoms with Gasteiger partial charge in [-0.25, -0.2) is 8.42 Å². The summed E-state index contributed by atoms with van der Waals surface area (Å²) < 4.78 is 35.1. The van der Waals surface area contributed by atoms with Crippen LogP contribution in [0.5, 0.6) is 5.75 Å². The van der Waals surface area contributed by atoms with Crippen LogP contribution in [0.2, 0.25) is 0 Å². The molecule has 3 atom stereocenters. The van der Waals surface area contributed by atoms with Gasteiger partial charge in [-0.2, -0.15) is 0 Å². The number of hydrogen-bond donors (Lipinski definition) is 1. The predicted molar refractivity (Wildman–Crippen MR) is 82.4 cm³/mol. The van der Waals surface area contributed by atoms with Gasteiger partial charge in [0.1, 0.15) is 5.75 Å². The molecule has 0 aromatic heterocycles. The van der Waals surface area contributed by atoms with Gasteiger partial charge in [0, 0.05) is 18.3 Å². The van der Waals surface area contributed by atoms with Crippen molar-refractivity contribution in [2.24, 2.45) is 5.73 Å². The Morgan fingerprint density at radius 2 is 1.86 bits per heavy atom. The van der Waals surface area contributed by atoms with E-state index in [1.54, 1.807) is 14.0 Å². The van der Waals surface area contributed by atoms with Crippen LogP contribution in [0.25, 0.3) is 0 Å². The molecule has 1 aromatic rings. The Morgan fingerprint density at radius 1 is 1.24 bits per heavy atom. The molecule has 1 saturated carbocycles. The second-order valence-electron chi connectivity index (χ2n) is 5.37. The summed E-state index contributed by atoms with van der Waals surface area (Å²) in [6, 6.07) is 7.40. The molecule has 0 spiro atoms. The zero-order valence-electron chi connectivity index (χ0n) is 12.7. The number of benzene rings is 1. The zero-order chi connectivity index (χ0) is 15.7. The molecule has 0 radical (unpaired) electrons. The summed E-state index contributed by atoms with van der Waals surface area (Å²) in [5, 5.41) is -0.574. The quantitative estimate of drug-likeness (QED) is 0.821. The summed E-state index contributed by atoms with van der Waals surface area (Å²) in [5.41, 5.74) is 6.43. The molecule has 0 aliphatic heterocycles. The third-order valence-corrected chi connectivity index (χ3v) is 6.41. The highest BCUT2D eigenvalue weighted by Gasteiger charge is 2.68. The number of methoxy groups -OCH3 is 1. The fourth-order valence-electron chi connectivity index (χ4n) is 2.89. The van der Waals surface area contributed by atoms with E-state index in [0.717, 1.165) is 11.3 Å². The van der Waals surface area contributed by atoms with Gasteiger partial charge in [-0.05, 0) is 24.6 Å². The lowest BCUT2D eigenvalue weighted by molar-refractivity contribution is 0.125. The van der Waals surface area contributed by atoms with Gasteiger partial charge in [-0.3, -0.25) is 0 Å². The van der Waals surface area contributed by atoms with Crippen molar-refractivity contribution in [3.63, 3.8) is 0 Å². The molecule has 0 bridgehead atoms. The van der Waals surface area contributed by atoms with Gasteiger partial charge in [-0.1, -0.05) is 19.1 Å². The van der Waals surface area contributed by atoms with E-state index in [2.05, 4.69) is 0 Å². The fraction of sp³-hybridized carbons (Fsp3) is 0.600. The normalized spacial score (nSPS) is 28.4. The largest absolute Gasteiger partial charge is 0.497 e. The van der Waals surface area contributed by atoms with E-state index in [4.69, 9.17) is 15.2 Å². The molecule has 2 N–H and O–H groups in total. The molecule has 21 heavy (non-hydrogen) atoms. The van der Waals surface area contributed by atoms with Gasteiger partial charge in [0.2, 0.25) is 0 Å². The van der Waals surface area contributed by atoms with Crippen molar-refractivity contribution in [1.29, 1.82) is 0 Å². The molecule has 0 amide bonds. The van der Waals surface area contributed by atoms with Crippen molar-refractivity contribution in [3.05, 3.63) is 29.8 Å². The molecular weight excluding hydrogens is 290 g/mol. The number of hydrogen-bond acceptors (Lipinski definition) is 5. The molecule has 2 rings (SSSR count). The predicted octanol–water partition coefficient (Wildman–Crippen LogP) is 1.33. The average Bonchev–Trinajstić information content (AvgIpc) is 3.12. The van der Waals surface area contributed by atoms with Crippen molar-refractivity contribution < 1.29 is 17.9 Å². The fourth-order valence-corrected chi connectivity index (χ4v) is 4.88. The average molecular weight is 313 g/mol. The first kappa shape index (κ1) is 16.3. The van der Waals surface area contributed by atoms with Crippen LogP contribution in [0.1, 0.15) is 25.3 Å². The maximum atomic E-state index is 12.3. The minimum atomic E-state index is -3.21. The molecular formula is C15H23NO4S. The lowest BCUT2D eigenvalue weighted by Crippen LogP contribution is -2.36. The Hall–Kier alpha value is -1.11. The minimum absolute atomic E-state index is 0.0927. The van der Waals surface area contributed by atoms with Crippen LogP contribution in [0.4, 0.5) is 0 Å². The molecule has 3 unspecified atom stereocenters. The minimum Gasteiger partial charge on any atom is -0.497 e. The van der Waals surface area contributed by atoms with Gasteiger partial charge >= 0.3 is 0 Å². The first-order valence-corrected chi connectivity index (χ1v) is 8.84. The van der Waals surface area contributed by atoms with Crippen molar-refractivity contribution in [2.75, 3.05) is 26.1 Å². The highest BCUT2D eigenvalue weighted by Crippen LogP contribution is 2.54. The van der Waals surface area contributed by atoms with Crippen LogP contribution in [-0.4, -0.2) is 45.3 Å². The van der Waals surface area contributed by atoms with Crippen molar-refractivity contribution in [1.82, 2.24) is 0 Å². The number of nitrogens with two attached hydrogens (primary N) is 1. The Balaban J connectivity index is 2.30. The van der Waals surface area contributed by atoms with Crippen LogP contribution in [0.15, 0.2) is 24.3 Å². The van der Waals surface area contributed by atoms with E-state index in [-0.39, 0.29) is 18.3 Å². The molecule has 1 aliphatic rings. The van der Waals surface area contributed by atoms with Crippen molar-refractivity contribution in [2.45, 2.75) is 30.6 Å². The molecule has 0 heterocycles. The van der Waals surface area contributed by atoms with E-state index in [0.29, 0.717) is 6.61 Å². The Labute approximate surface area is 126 Å². The Morgan fingerprint density at radius 3 is 2.33 bits per heavy atom. The maximum absolute atomic E-state index is 12.3. The Bertz CT molecular complexity index is 584. The summed E-state index contributed by atoms with van der Waals surface area (Å²) in [7, 11) is -1.62. The Kier molecular flexibility index (Phi) is 4.60. The molecule has 1 aromatic carbocycles. The zero-order valence-corrected chi connectivity index (χ0v) is 13.5. The van der Waals surface area contributed by atoms with Crippen molar-refractivity contribution in [3.8, 4) is 5.75 Å². The van der Waals surface area contributed by atoms with Crippen LogP contribution < -0.4 is 10.5 Å². The summed E-state index contributed by atoms with van der Waals surface area (Å²) >= 11 is 0. The summed E-state index contributed by atoms with van der Waals surface area (Å²) in [5.74, 6) is 0.608. The highest BCUT2D eigenvalue weighted by molar-refractivity contribution is 7.92. The molecule has 1 aliphatic carbocycles.